The molecule has 5 nitrogen and oxygen atoms in total. The molecule has 68 valence electrons. The second-order valence-corrected chi connectivity index (χ2v) is 3.42. The van der Waals surface area contributed by atoms with Gasteiger partial charge in [0, 0.05) is 13.6 Å². The van der Waals surface area contributed by atoms with Crippen LogP contribution in [0, 0.1) is 0 Å². The second-order valence-electron chi connectivity index (χ2n) is 2.28. The molecule has 0 aromatic rings. The standard InChI is InChI=1S/C5H14NO4P/c1-3-4-5-6(2)10-11(7,8)9/h3-5H2,1-2H3,(H2,7,8,9). The Bertz CT molecular complexity index is 145. The zero-order valence-electron chi connectivity index (χ0n) is 6.73. The number of hydrogen-bond donors (Lipinski definition) is 2. The summed E-state index contributed by atoms with van der Waals surface area (Å²) in [6.07, 6.45) is 1.82. The van der Waals surface area contributed by atoms with Crippen molar-refractivity contribution in [1.82, 2.24) is 5.06 Å². The molecule has 0 saturated carbocycles. The maximum Gasteiger partial charge on any atom is 0.486 e. The van der Waals surface area contributed by atoms with Gasteiger partial charge in [0.05, 0.1) is 0 Å². The minimum atomic E-state index is -4.34. The molecule has 11 heavy (non-hydrogen) atoms. The van der Waals surface area contributed by atoms with Gasteiger partial charge in [-0.25, -0.2) is 4.57 Å². The van der Waals surface area contributed by atoms with E-state index in [1.54, 1.807) is 0 Å². The third-order valence-corrected chi connectivity index (χ3v) is 1.56. The smallest absolute Gasteiger partial charge is 0.302 e. The first-order valence-electron chi connectivity index (χ1n) is 3.42. The van der Waals surface area contributed by atoms with Gasteiger partial charge in [-0.2, -0.15) is 9.69 Å². The normalized spacial score (nSPS) is 12.5. The van der Waals surface area contributed by atoms with Crippen LogP contribution in [0.2, 0.25) is 0 Å². The fourth-order valence-corrected chi connectivity index (χ4v) is 1.05. The van der Waals surface area contributed by atoms with E-state index in [0.717, 1.165) is 17.9 Å². The minimum absolute atomic E-state index is 0.529. The molecule has 0 heterocycles. The highest BCUT2D eigenvalue weighted by atomic mass is 31.2. The van der Waals surface area contributed by atoms with Gasteiger partial charge in [0.25, 0.3) is 0 Å². The SMILES string of the molecule is CCCCN(C)OP(=O)(O)O. The summed E-state index contributed by atoms with van der Waals surface area (Å²) in [4.78, 5) is 16.7. The molecule has 0 radical (unpaired) electrons. The molecule has 0 atom stereocenters. The second kappa shape index (κ2) is 4.85. The Morgan fingerprint density at radius 2 is 2.09 bits per heavy atom. The molecule has 0 amide bonds. The first-order valence-corrected chi connectivity index (χ1v) is 4.95. The van der Waals surface area contributed by atoms with Gasteiger partial charge in [-0.05, 0) is 6.42 Å². The lowest BCUT2D eigenvalue weighted by molar-refractivity contribution is -0.0580. The first kappa shape index (κ1) is 11.1. The van der Waals surface area contributed by atoms with Crippen LogP contribution < -0.4 is 0 Å². The fraction of sp³-hybridized carbons (Fsp3) is 1.00. The van der Waals surface area contributed by atoms with Crippen LogP contribution in [0.4, 0.5) is 0 Å². The summed E-state index contributed by atoms with van der Waals surface area (Å²) >= 11 is 0. The van der Waals surface area contributed by atoms with Gasteiger partial charge in [0.2, 0.25) is 0 Å². The molecule has 0 saturated heterocycles. The molecule has 6 heteroatoms. The zero-order chi connectivity index (χ0) is 8.91. The Balaban J connectivity index is 3.52. The van der Waals surface area contributed by atoms with Crippen LogP contribution in [0.3, 0.4) is 0 Å². The number of phosphoric acid groups is 1. The Labute approximate surface area is 66.2 Å². The van der Waals surface area contributed by atoms with Gasteiger partial charge in [0.15, 0.2) is 0 Å². The van der Waals surface area contributed by atoms with Crippen molar-refractivity contribution in [2.75, 3.05) is 13.6 Å². The molecule has 0 unspecified atom stereocenters. The molecule has 0 rings (SSSR count). The summed E-state index contributed by atoms with van der Waals surface area (Å²) in [6.45, 7) is 2.52. The van der Waals surface area contributed by atoms with Crippen LogP contribution in [0.25, 0.3) is 0 Å². The minimum Gasteiger partial charge on any atom is -0.302 e. The predicted molar refractivity (Wildman–Crippen MR) is 40.7 cm³/mol. The molecule has 0 bridgehead atoms. The Morgan fingerprint density at radius 1 is 1.55 bits per heavy atom. The quantitative estimate of drug-likeness (QED) is 0.486. The van der Waals surface area contributed by atoms with Crippen molar-refractivity contribution < 1.29 is 19.0 Å². The zero-order valence-corrected chi connectivity index (χ0v) is 7.62. The van der Waals surface area contributed by atoms with Gasteiger partial charge in [0.1, 0.15) is 0 Å². The summed E-state index contributed by atoms with van der Waals surface area (Å²) in [5.74, 6) is 0. The van der Waals surface area contributed by atoms with E-state index in [4.69, 9.17) is 9.79 Å². The molecule has 0 aliphatic heterocycles. The highest BCUT2D eigenvalue weighted by Crippen LogP contribution is 2.36. The summed E-state index contributed by atoms with van der Waals surface area (Å²) < 4.78 is 14.5. The van der Waals surface area contributed by atoms with Gasteiger partial charge in [-0.3, -0.25) is 0 Å². The van der Waals surface area contributed by atoms with Gasteiger partial charge in [-0.1, -0.05) is 13.3 Å². The van der Waals surface area contributed by atoms with Crippen LogP contribution >= 0.6 is 7.82 Å². The Morgan fingerprint density at radius 3 is 2.45 bits per heavy atom. The predicted octanol–water partition coefficient (Wildman–Crippen LogP) is 0.743. The van der Waals surface area contributed by atoms with Crippen LogP contribution in [-0.2, 0) is 9.19 Å². The van der Waals surface area contributed by atoms with Gasteiger partial charge < -0.3 is 9.79 Å². The van der Waals surface area contributed by atoms with Gasteiger partial charge in [-0.15, -0.1) is 0 Å². The topological polar surface area (TPSA) is 70.0 Å². The summed E-state index contributed by atoms with van der Waals surface area (Å²) in [5.41, 5.74) is 0. The van der Waals surface area contributed by atoms with Crippen molar-refractivity contribution in [3.05, 3.63) is 0 Å². The molecule has 0 fully saturated rings. The molecular formula is C5H14NO4P. The van der Waals surface area contributed by atoms with E-state index in [0.29, 0.717) is 6.54 Å². The average molecular weight is 183 g/mol. The lowest BCUT2D eigenvalue weighted by Gasteiger charge is -2.15. The average Bonchev–Trinajstić information content (AvgIpc) is 1.79. The third kappa shape index (κ3) is 7.97. The van der Waals surface area contributed by atoms with Crippen LogP contribution in [0.15, 0.2) is 0 Å². The van der Waals surface area contributed by atoms with Crippen LogP contribution in [0.1, 0.15) is 19.8 Å². The fourth-order valence-electron chi connectivity index (χ4n) is 0.603. The first-order chi connectivity index (χ1) is 4.95. The largest absolute Gasteiger partial charge is 0.486 e. The highest BCUT2D eigenvalue weighted by molar-refractivity contribution is 7.46. The van der Waals surface area contributed by atoms with Crippen molar-refractivity contribution in [2.24, 2.45) is 0 Å². The number of hydroxylamine groups is 2. The van der Waals surface area contributed by atoms with E-state index in [1.807, 2.05) is 6.92 Å². The monoisotopic (exact) mass is 183 g/mol. The lowest BCUT2D eigenvalue weighted by Crippen LogP contribution is -2.18. The van der Waals surface area contributed by atoms with Crippen LogP contribution in [-0.4, -0.2) is 28.4 Å². The van der Waals surface area contributed by atoms with Crippen molar-refractivity contribution in [3.8, 4) is 0 Å². The van der Waals surface area contributed by atoms with E-state index in [1.165, 1.54) is 7.05 Å². The third-order valence-electron chi connectivity index (χ3n) is 1.07. The van der Waals surface area contributed by atoms with Crippen LogP contribution in [0.5, 0.6) is 0 Å². The van der Waals surface area contributed by atoms with Gasteiger partial charge >= 0.3 is 7.82 Å². The van der Waals surface area contributed by atoms with E-state index >= 15 is 0 Å². The lowest BCUT2D eigenvalue weighted by atomic mass is 10.3. The Hall–Kier alpha value is 0.0700. The van der Waals surface area contributed by atoms with Crippen molar-refractivity contribution in [2.45, 2.75) is 19.8 Å². The maximum absolute atomic E-state index is 10.2. The van der Waals surface area contributed by atoms with Crippen molar-refractivity contribution >= 4 is 7.82 Å². The van der Waals surface area contributed by atoms with Crippen molar-refractivity contribution in [3.63, 3.8) is 0 Å². The molecule has 2 N–H and O–H groups in total. The molecule has 0 aliphatic carbocycles. The summed E-state index contributed by atoms with van der Waals surface area (Å²) in [6, 6.07) is 0. The highest BCUT2D eigenvalue weighted by Gasteiger charge is 2.16. The molecule has 0 aromatic carbocycles. The number of hydrogen-bond acceptors (Lipinski definition) is 3. The summed E-state index contributed by atoms with van der Waals surface area (Å²) in [5, 5.41) is 1.16. The molecule has 0 spiro atoms. The van der Waals surface area contributed by atoms with E-state index < -0.39 is 7.82 Å². The number of nitrogens with zero attached hydrogens (tertiary/aromatic N) is 1. The van der Waals surface area contributed by atoms with E-state index in [2.05, 4.69) is 4.62 Å². The number of rotatable bonds is 5. The molecule has 0 aliphatic rings. The number of unbranched alkanes of at least 4 members (excludes halogenated alkanes) is 1. The molecular weight excluding hydrogens is 169 g/mol. The summed E-state index contributed by atoms with van der Waals surface area (Å²) in [7, 11) is -2.84. The maximum atomic E-state index is 10.2. The molecule has 0 aromatic heterocycles. The van der Waals surface area contributed by atoms with E-state index in [-0.39, 0.29) is 0 Å². The van der Waals surface area contributed by atoms with Crippen molar-refractivity contribution in [1.29, 1.82) is 0 Å². The van der Waals surface area contributed by atoms with E-state index in [9.17, 15) is 4.57 Å². The Kier molecular flexibility index (Phi) is 4.88.